The molecule has 4 rings (SSSR count). The van der Waals surface area contributed by atoms with Crippen molar-refractivity contribution in [2.24, 2.45) is 5.73 Å². The Morgan fingerprint density at radius 2 is 2.26 bits per heavy atom. The lowest BCUT2D eigenvalue weighted by molar-refractivity contribution is -0.114. The van der Waals surface area contributed by atoms with Crippen LogP contribution in [0.25, 0.3) is 11.1 Å². The minimum atomic E-state index is -0.725. The second-order valence-corrected chi connectivity index (χ2v) is 4.99. The van der Waals surface area contributed by atoms with Crippen LogP contribution in [0, 0.1) is 11.3 Å². The Kier molecular flexibility index (Phi) is 2.65. The number of H-pyrrole nitrogens is 1. The minimum Gasteiger partial charge on any atom is -0.364 e. The molecule has 9 heteroatoms. The molecular formula is C14H9N7O2. The molecule has 23 heavy (non-hydrogen) atoms. The predicted molar refractivity (Wildman–Crippen MR) is 77.7 cm³/mol. The number of allylic oxidation sites excluding steroid dienone is 1. The zero-order valence-corrected chi connectivity index (χ0v) is 11.6. The number of primary amides is 1. The van der Waals surface area contributed by atoms with Crippen molar-refractivity contribution < 1.29 is 9.32 Å². The number of carbonyl (C=O) groups is 1. The van der Waals surface area contributed by atoms with Gasteiger partial charge in [-0.15, -0.1) is 5.10 Å². The van der Waals surface area contributed by atoms with Gasteiger partial charge in [-0.1, -0.05) is 12.1 Å². The van der Waals surface area contributed by atoms with Crippen molar-refractivity contribution >= 4 is 22.8 Å². The van der Waals surface area contributed by atoms with Crippen molar-refractivity contribution in [1.82, 2.24) is 20.6 Å². The van der Waals surface area contributed by atoms with Crippen LogP contribution < -0.4 is 11.1 Å². The predicted octanol–water partition coefficient (Wildman–Crippen LogP) is 0.766. The van der Waals surface area contributed by atoms with E-state index in [4.69, 9.17) is 10.3 Å². The Balaban J connectivity index is 2.04. The molecular weight excluding hydrogens is 298 g/mol. The van der Waals surface area contributed by atoms with Crippen molar-refractivity contribution in [1.29, 1.82) is 5.26 Å². The molecule has 112 valence electrons. The summed E-state index contributed by atoms with van der Waals surface area (Å²) in [7, 11) is 0. The van der Waals surface area contributed by atoms with Gasteiger partial charge in [-0.2, -0.15) is 10.4 Å². The topological polar surface area (TPSA) is 147 Å². The SMILES string of the molecule is N#CC1=C(C(N)=O)Nc2[nH]ncc2C1c1cccc2onnc12. The molecule has 1 amide bonds. The third kappa shape index (κ3) is 1.78. The van der Waals surface area contributed by atoms with Crippen LogP contribution in [0.1, 0.15) is 17.0 Å². The first-order valence-electron chi connectivity index (χ1n) is 6.66. The average Bonchev–Trinajstić information content (AvgIpc) is 3.20. The maximum absolute atomic E-state index is 11.7. The molecule has 0 saturated carbocycles. The number of aromatic nitrogens is 4. The molecule has 3 heterocycles. The largest absolute Gasteiger partial charge is 0.364 e. The van der Waals surface area contributed by atoms with Crippen LogP contribution in [0.2, 0.25) is 0 Å². The maximum atomic E-state index is 11.7. The van der Waals surface area contributed by atoms with Gasteiger partial charge in [0.25, 0.3) is 5.91 Å². The number of rotatable bonds is 2. The van der Waals surface area contributed by atoms with Crippen LogP contribution >= 0.6 is 0 Å². The van der Waals surface area contributed by atoms with Crippen molar-refractivity contribution in [3.63, 3.8) is 0 Å². The lowest BCUT2D eigenvalue weighted by Gasteiger charge is -2.24. The van der Waals surface area contributed by atoms with Gasteiger partial charge >= 0.3 is 0 Å². The van der Waals surface area contributed by atoms with Crippen LogP contribution in [-0.2, 0) is 4.79 Å². The van der Waals surface area contributed by atoms with E-state index in [1.54, 1.807) is 24.4 Å². The van der Waals surface area contributed by atoms with Crippen molar-refractivity contribution in [2.75, 3.05) is 5.32 Å². The Morgan fingerprint density at radius 3 is 3.04 bits per heavy atom. The van der Waals surface area contributed by atoms with Gasteiger partial charge in [-0.3, -0.25) is 9.89 Å². The molecule has 0 fully saturated rings. The van der Waals surface area contributed by atoms with E-state index >= 15 is 0 Å². The summed E-state index contributed by atoms with van der Waals surface area (Å²) in [6.45, 7) is 0. The van der Waals surface area contributed by atoms with Gasteiger partial charge in [-0.25, -0.2) is 0 Å². The minimum absolute atomic E-state index is 0.0303. The van der Waals surface area contributed by atoms with E-state index in [-0.39, 0.29) is 11.3 Å². The van der Waals surface area contributed by atoms with Gasteiger partial charge in [-0.05, 0) is 11.6 Å². The molecule has 0 radical (unpaired) electrons. The number of hydrogen-bond acceptors (Lipinski definition) is 7. The molecule has 4 N–H and O–H groups in total. The van der Waals surface area contributed by atoms with Gasteiger partial charge in [0.1, 0.15) is 17.0 Å². The van der Waals surface area contributed by atoms with Crippen LogP contribution in [-0.4, -0.2) is 26.5 Å². The molecule has 1 aliphatic rings. The monoisotopic (exact) mass is 307 g/mol. The van der Waals surface area contributed by atoms with Crippen LogP contribution in [0.5, 0.6) is 0 Å². The summed E-state index contributed by atoms with van der Waals surface area (Å²) < 4.78 is 5.07. The average molecular weight is 307 g/mol. The molecule has 0 spiro atoms. The summed E-state index contributed by atoms with van der Waals surface area (Å²) in [5.74, 6) is -0.762. The fourth-order valence-corrected chi connectivity index (χ4v) is 2.80. The van der Waals surface area contributed by atoms with E-state index < -0.39 is 11.8 Å². The maximum Gasteiger partial charge on any atom is 0.266 e. The first kappa shape index (κ1) is 13.0. The Hall–Kier alpha value is -3.67. The molecule has 0 saturated heterocycles. The zero-order chi connectivity index (χ0) is 16.0. The van der Waals surface area contributed by atoms with E-state index in [1.807, 2.05) is 0 Å². The van der Waals surface area contributed by atoms with Gasteiger partial charge < -0.3 is 15.6 Å². The third-order valence-electron chi connectivity index (χ3n) is 3.78. The highest BCUT2D eigenvalue weighted by atomic mass is 16.5. The van der Waals surface area contributed by atoms with E-state index in [9.17, 15) is 10.1 Å². The normalized spacial score (nSPS) is 16.7. The first-order valence-corrected chi connectivity index (χ1v) is 6.66. The van der Waals surface area contributed by atoms with Crippen LogP contribution in [0.4, 0.5) is 5.82 Å². The highest BCUT2D eigenvalue weighted by molar-refractivity contribution is 5.98. The Bertz CT molecular complexity index is 1010. The number of nitriles is 1. The number of nitrogens with two attached hydrogens (primary N) is 1. The summed E-state index contributed by atoms with van der Waals surface area (Å²) in [4.78, 5) is 11.7. The molecule has 1 unspecified atom stereocenters. The molecule has 0 aliphatic carbocycles. The number of hydrogen-bond donors (Lipinski definition) is 3. The molecule has 1 aliphatic heterocycles. The van der Waals surface area contributed by atoms with Gasteiger partial charge in [0.05, 0.1) is 23.8 Å². The van der Waals surface area contributed by atoms with E-state index in [2.05, 4.69) is 32.0 Å². The van der Waals surface area contributed by atoms with Crippen LogP contribution in [0.3, 0.4) is 0 Å². The van der Waals surface area contributed by atoms with Gasteiger partial charge in [0.2, 0.25) is 0 Å². The number of anilines is 1. The third-order valence-corrected chi connectivity index (χ3v) is 3.78. The highest BCUT2D eigenvalue weighted by Gasteiger charge is 2.34. The summed E-state index contributed by atoms with van der Waals surface area (Å²) >= 11 is 0. The lowest BCUT2D eigenvalue weighted by atomic mass is 9.82. The number of nitrogens with zero attached hydrogens (tertiary/aromatic N) is 4. The zero-order valence-electron chi connectivity index (χ0n) is 11.6. The molecule has 1 aromatic carbocycles. The first-order chi connectivity index (χ1) is 11.2. The molecule has 9 nitrogen and oxygen atoms in total. The Morgan fingerprint density at radius 1 is 1.39 bits per heavy atom. The van der Waals surface area contributed by atoms with Crippen molar-refractivity contribution in [3.05, 3.63) is 46.8 Å². The van der Waals surface area contributed by atoms with Gasteiger partial charge in [0, 0.05) is 10.8 Å². The second kappa shape index (κ2) is 4.67. The van der Waals surface area contributed by atoms with Crippen LogP contribution in [0.15, 0.2) is 40.2 Å². The quantitative estimate of drug-likeness (QED) is 0.633. The van der Waals surface area contributed by atoms with E-state index in [0.29, 0.717) is 28.0 Å². The summed E-state index contributed by atoms with van der Waals surface area (Å²) in [5, 5.41) is 26.7. The second-order valence-electron chi connectivity index (χ2n) is 4.99. The Labute approximate surface area is 128 Å². The fourth-order valence-electron chi connectivity index (χ4n) is 2.80. The van der Waals surface area contributed by atoms with Crippen molar-refractivity contribution in [2.45, 2.75) is 5.92 Å². The summed E-state index contributed by atoms with van der Waals surface area (Å²) in [5.41, 5.74) is 8.03. The molecule has 1 atom stereocenters. The van der Waals surface area contributed by atoms with Gasteiger partial charge in [0.15, 0.2) is 5.58 Å². The number of aromatic amines is 1. The lowest BCUT2D eigenvalue weighted by Crippen LogP contribution is -2.27. The number of amides is 1. The molecule has 0 bridgehead atoms. The molecule has 2 aromatic heterocycles. The number of fused-ring (bicyclic) bond motifs is 2. The smallest absolute Gasteiger partial charge is 0.266 e. The molecule has 3 aromatic rings. The number of benzene rings is 1. The van der Waals surface area contributed by atoms with E-state index in [1.165, 1.54) is 0 Å². The highest BCUT2D eigenvalue weighted by Crippen LogP contribution is 2.42. The summed E-state index contributed by atoms with van der Waals surface area (Å²) in [6, 6.07) is 7.36. The number of nitrogens with one attached hydrogen (secondary N) is 2. The van der Waals surface area contributed by atoms with Crippen molar-refractivity contribution in [3.8, 4) is 6.07 Å². The van der Waals surface area contributed by atoms with E-state index in [0.717, 1.165) is 0 Å². The summed E-state index contributed by atoms with van der Waals surface area (Å²) in [6.07, 6.45) is 1.59. The standard InChI is InChI=1S/C14H9N7O2/c15-4-7-10(6-2-1-3-9-11(6)19-21-23-9)8-5-17-20-14(8)18-12(7)13(16)22/h1-3,5,10H,(H2,16,22)(H2,17,18,20). The fraction of sp³-hybridized carbons (Fsp3) is 0.0714. The number of carbonyl (C=O) groups excluding carboxylic acids is 1.